The summed E-state index contributed by atoms with van der Waals surface area (Å²) in [6.07, 6.45) is 7.11. The van der Waals surface area contributed by atoms with Crippen molar-refractivity contribution in [3.63, 3.8) is 0 Å². The van der Waals surface area contributed by atoms with Gasteiger partial charge in [0.05, 0.1) is 43.2 Å². The summed E-state index contributed by atoms with van der Waals surface area (Å²) in [7, 11) is 1.66. The molecule has 0 amide bonds. The summed E-state index contributed by atoms with van der Waals surface area (Å²) in [5, 5.41) is 12.7. The Balaban J connectivity index is 1.56. The number of rotatable bonds is 7. The minimum Gasteiger partial charge on any atom is -0.398 e. The number of nitrogens with zero attached hydrogens (tertiary/aromatic N) is 6. The molecule has 4 aromatic rings. The molecule has 4 rings (SSSR count). The molecule has 0 saturated carbocycles. The molecule has 27 heavy (non-hydrogen) atoms. The minimum atomic E-state index is 0.483. The highest BCUT2D eigenvalue weighted by atomic mass is 16.5. The molecule has 3 aromatic heterocycles. The number of nitrogens with two attached hydrogens (primary N) is 1. The maximum Gasteiger partial charge on any atom is 0.229 e. The van der Waals surface area contributed by atoms with E-state index in [4.69, 9.17) is 10.5 Å². The molecule has 0 atom stereocenters. The molecule has 0 aliphatic carbocycles. The summed E-state index contributed by atoms with van der Waals surface area (Å²) < 4.78 is 8.67. The Morgan fingerprint density at radius 3 is 2.89 bits per heavy atom. The SMILES string of the molecule is COCCn1cc(Nc2ncc3cnn(Cc4ccccc4N)c3n2)cn1. The Morgan fingerprint density at radius 1 is 1.15 bits per heavy atom. The van der Waals surface area contributed by atoms with Crippen LogP contribution in [0.3, 0.4) is 0 Å². The third-order valence-electron chi connectivity index (χ3n) is 4.17. The second-order valence-corrected chi connectivity index (χ2v) is 6.08. The zero-order chi connectivity index (χ0) is 18.6. The number of benzene rings is 1. The second kappa shape index (κ2) is 7.42. The van der Waals surface area contributed by atoms with Gasteiger partial charge in [0, 0.05) is 25.2 Å². The van der Waals surface area contributed by atoms with Crippen molar-refractivity contribution in [2.24, 2.45) is 0 Å². The van der Waals surface area contributed by atoms with E-state index in [1.807, 2.05) is 35.1 Å². The van der Waals surface area contributed by atoms with Gasteiger partial charge in [-0.05, 0) is 11.6 Å². The molecule has 138 valence electrons. The first-order valence-corrected chi connectivity index (χ1v) is 8.53. The molecular formula is C18H20N8O. The Hall–Kier alpha value is -3.46. The quantitative estimate of drug-likeness (QED) is 0.483. The first kappa shape index (κ1) is 17.0. The van der Waals surface area contributed by atoms with Crippen molar-refractivity contribution in [1.82, 2.24) is 29.5 Å². The van der Waals surface area contributed by atoms with Crippen LogP contribution in [0.2, 0.25) is 0 Å². The monoisotopic (exact) mass is 364 g/mol. The van der Waals surface area contributed by atoms with E-state index in [9.17, 15) is 0 Å². The van der Waals surface area contributed by atoms with E-state index in [1.54, 1.807) is 30.4 Å². The highest BCUT2D eigenvalue weighted by Gasteiger charge is 2.09. The Bertz CT molecular complexity index is 1050. The fraction of sp³-hybridized carbons (Fsp3) is 0.222. The minimum absolute atomic E-state index is 0.483. The van der Waals surface area contributed by atoms with Crippen molar-refractivity contribution in [3.05, 3.63) is 54.6 Å². The largest absolute Gasteiger partial charge is 0.398 e. The molecule has 3 N–H and O–H groups in total. The van der Waals surface area contributed by atoms with E-state index in [1.165, 1.54) is 0 Å². The Labute approximate surface area is 155 Å². The van der Waals surface area contributed by atoms with Crippen LogP contribution in [0, 0.1) is 0 Å². The number of para-hydroxylation sites is 1. The van der Waals surface area contributed by atoms with Gasteiger partial charge >= 0.3 is 0 Å². The van der Waals surface area contributed by atoms with Crippen LogP contribution in [-0.2, 0) is 17.8 Å². The Kier molecular flexibility index (Phi) is 4.67. The lowest BCUT2D eigenvalue weighted by molar-refractivity contribution is 0.183. The molecule has 0 unspecified atom stereocenters. The summed E-state index contributed by atoms with van der Waals surface area (Å²) >= 11 is 0. The first-order chi connectivity index (χ1) is 13.2. The number of nitrogen functional groups attached to an aromatic ring is 1. The smallest absolute Gasteiger partial charge is 0.229 e. The van der Waals surface area contributed by atoms with Gasteiger partial charge in [0.2, 0.25) is 5.95 Å². The van der Waals surface area contributed by atoms with Crippen molar-refractivity contribution >= 4 is 28.4 Å². The van der Waals surface area contributed by atoms with Crippen molar-refractivity contribution in [3.8, 4) is 0 Å². The zero-order valence-corrected chi connectivity index (χ0v) is 14.9. The highest BCUT2D eigenvalue weighted by Crippen LogP contribution is 2.18. The number of anilines is 3. The third-order valence-corrected chi connectivity index (χ3v) is 4.17. The predicted octanol–water partition coefficient (Wildman–Crippen LogP) is 2.04. The van der Waals surface area contributed by atoms with Gasteiger partial charge in [0.15, 0.2) is 5.65 Å². The van der Waals surface area contributed by atoms with Crippen molar-refractivity contribution in [2.75, 3.05) is 24.8 Å². The van der Waals surface area contributed by atoms with E-state index in [0.29, 0.717) is 25.6 Å². The lowest BCUT2D eigenvalue weighted by atomic mass is 10.2. The number of fused-ring (bicyclic) bond motifs is 1. The van der Waals surface area contributed by atoms with Gasteiger partial charge in [-0.1, -0.05) is 18.2 Å². The van der Waals surface area contributed by atoms with Crippen LogP contribution in [0.4, 0.5) is 17.3 Å². The fourth-order valence-corrected chi connectivity index (χ4v) is 2.75. The van der Waals surface area contributed by atoms with Crippen LogP contribution < -0.4 is 11.1 Å². The van der Waals surface area contributed by atoms with Crippen molar-refractivity contribution < 1.29 is 4.74 Å². The average Bonchev–Trinajstić information content (AvgIpc) is 3.29. The maximum atomic E-state index is 6.05. The number of nitrogens with one attached hydrogen (secondary N) is 1. The zero-order valence-electron chi connectivity index (χ0n) is 14.9. The van der Waals surface area contributed by atoms with Crippen LogP contribution in [0.25, 0.3) is 11.0 Å². The first-order valence-electron chi connectivity index (χ1n) is 8.53. The van der Waals surface area contributed by atoms with E-state index in [0.717, 1.165) is 28.0 Å². The predicted molar refractivity (Wildman–Crippen MR) is 103 cm³/mol. The molecule has 0 spiro atoms. The molecule has 1 aromatic carbocycles. The molecule has 0 aliphatic heterocycles. The summed E-state index contributed by atoms with van der Waals surface area (Å²) in [5.41, 5.74) is 9.32. The average molecular weight is 364 g/mol. The van der Waals surface area contributed by atoms with Crippen molar-refractivity contribution in [2.45, 2.75) is 13.1 Å². The fourth-order valence-electron chi connectivity index (χ4n) is 2.75. The van der Waals surface area contributed by atoms with Gasteiger partial charge in [0.1, 0.15) is 0 Å². The molecule has 0 aliphatic rings. The van der Waals surface area contributed by atoms with Crippen LogP contribution in [-0.4, -0.2) is 43.2 Å². The normalized spacial score (nSPS) is 11.1. The topological polar surface area (TPSA) is 109 Å². The second-order valence-electron chi connectivity index (χ2n) is 6.08. The molecule has 3 heterocycles. The molecule has 0 saturated heterocycles. The van der Waals surface area contributed by atoms with Gasteiger partial charge in [-0.25, -0.2) is 9.67 Å². The Morgan fingerprint density at radius 2 is 2.04 bits per heavy atom. The number of aromatic nitrogens is 6. The summed E-state index contributed by atoms with van der Waals surface area (Å²) in [6, 6.07) is 7.74. The summed E-state index contributed by atoms with van der Waals surface area (Å²) in [6.45, 7) is 1.83. The highest BCUT2D eigenvalue weighted by molar-refractivity contribution is 5.75. The maximum absolute atomic E-state index is 6.05. The third kappa shape index (κ3) is 3.72. The lowest BCUT2D eigenvalue weighted by Crippen LogP contribution is -2.06. The van der Waals surface area contributed by atoms with E-state index in [2.05, 4.69) is 25.5 Å². The van der Waals surface area contributed by atoms with Crippen LogP contribution in [0.1, 0.15) is 5.56 Å². The number of methoxy groups -OCH3 is 1. The van der Waals surface area contributed by atoms with Crippen molar-refractivity contribution in [1.29, 1.82) is 0 Å². The van der Waals surface area contributed by atoms with E-state index in [-0.39, 0.29) is 0 Å². The standard InChI is InChI=1S/C18H20N8O/c1-27-7-6-25-12-15(10-21-25)23-18-20-8-14-9-22-26(17(14)24-18)11-13-4-2-3-5-16(13)19/h2-5,8-10,12H,6-7,11,19H2,1H3,(H,20,23,24). The molecule has 0 bridgehead atoms. The van der Waals surface area contributed by atoms with Crippen LogP contribution in [0.15, 0.2) is 49.1 Å². The molecule has 9 heteroatoms. The molecule has 0 radical (unpaired) electrons. The number of ether oxygens (including phenoxy) is 1. The van der Waals surface area contributed by atoms with Crippen LogP contribution >= 0.6 is 0 Å². The molecule has 0 fully saturated rings. The van der Waals surface area contributed by atoms with E-state index < -0.39 is 0 Å². The van der Waals surface area contributed by atoms with E-state index >= 15 is 0 Å². The van der Waals surface area contributed by atoms with Gasteiger partial charge in [-0.3, -0.25) is 4.68 Å². The van der Waals surface area contributed by atoms with Gasteiger partial charge in [0.25, 0.3) is 0 Å². The van der Waals surface area contributed by atoms with Gasteiger partial charge in [-0.15, -0.1) is 0 Å². The summed E-state index contributed by atoms with van der Waals surface area (Å²) in [4.78, 5) is 8.95. The summed E-state index contributed by atoms with van der Waals surface area (Å²) in [5.74, 6) is 0.483. The molecule has 9 nitrogen and oxygen atoms in total. The number of hydrogen-bond acceptors (Lipinski definition) is 7. The molecular weight excluding hydrogens is 344 g/mol. The van der Waals surface area contributed by atoms with Gasteiger partial charge in [-0.2, -0.15) is 15.2 Å². The van der Waals surface area contributed by atoms with Gasteiger partial charge < -0.3 is 15.8 Å². The lowest BCUT2D eigenvalue weighted by Gasteiger charge is -2.07. The van der Waals surface area contributed by atoms with Crippen LogP contribution in [0.5, 0.6) is 0 Å². The number of hydrogen-bond donors (Lipinski definition) is 2.